The Bertz CT molecular complexity index is 377. The second-order valence-corrected chi connectivity index (χ2v) is 4.78. The number of likely N-dealkylation sites (tertiary alicyclic amines) is 1. The van der Waals surface area contributed by atoms with Crippen molar-refractivity contribution in [2.75, 3.05) is 20.2 Å². The van der Waals surface area contributed by atoms with Crippen LogP contribution in [0.2, 0.25) is 0 Å². The lowest BCUT2D eigenvalue weighted by molar-refractivity contribution is 0.0475. The third-order valence-corrected chi connectivity index (χ3v) is 3.61. The van der Waals surface area contributed by atoms with Crippen LogP contribution in [0.15, 0.2) is 11.4 Å². The van der Waals surface area contributed by atoms with Crippen molar-refractivity contribution in [3.05, 3.63) is 16.3 Å². The van der Waals surface area contributed by atoms with Gasteiger partial charge in [-0.3, -0.25) is 4.79 Å². The molecule has 0 saturated carbocycles. The number of aliphatic hydroxyl groups excluding tert-OH is 1. The number of β-amino-alcohol motifs (C(OH)–C–C–N with tert-alkyl or cyclic N) is 1. The maximum absolute atomic E-state index is 12.1. The van der Waals surface area contributed by atoms with Gasteiger partial charge in [0.15, 0.2) is 0 Å². The number of rotatable bonds is 2. The molecule has 1 amide bonds. The van der Waals surface area contributed by atoms with E-state index >= 15 is 0 Å². The van der Waals surface area contributed by atoms with Crippen molar-refractivity contribution in [1.29, 1.82) is 0 Å². The SMILES string of the molecule is COc1ccsc1C(=O)N1CCCC(O)C1. The molecule has 0 spiro atoms. The van der Waals surface area contributed by atoms with Gasteiger partial charge in [0.2, 0.25) is 0 Å². The van der Waals surface area contributed by atoms with Gasteiger partial charge >= 0.3 is 0 Å². The predicted molar refractivity (Wildman–Crippen MR) is 62.0 cm³/mol. The van der Waals surface area contributed by atoms with Crippen LogP contribution < -0.4 is 4.74 Å². The summed E-state index contributed by atoms with van der Waals surface area (Å²) in [5, 5.41) is 11.4. The molecule has 5 heteroatoms. The van der Waals surface area contributed by atoms with E-state index in [0.29, 0.717) is 17.2 Å². The Balaban J connectivity index is 2.12. The molecule has 88 valence electrons. The van der Waals surface area contributed by atoms with Crippen LogP contribution in [0.4, 0.5) is 0 Å². The molecule has 1 aliphatic heterocycles. The lowest BCUT2D eigenvalue weighted by Crippen LogP contribution is -2.41. The van der Waals surface area contributed by atoms with Gasteiger partial charge in [0.25, 0.3) is 5.91 Å². The monoisotopic (exact) mass is 241 g/mol. The van der Waals surface area contributed by atoms with Crippen molar-refractivity contribution < 1.29 is 14.6 Å². The van der Waals surface area contributed by atoms with Gasteiger partial charge in [-0.15, -0.1) is 11.3 Å². The summed E-state index contributed by atoms with van der Waals surface area (Å²) in [5.74, 6) is 0.584. The summed E-state index contributed by atoms with van der Waals surface area (Å²) in [6.45, 7) is 1.15. The molecule has 1 N–H and O–H groups in total. The molecule has 0 aromatic carbocycles. The zero-order valence-electron chi connectivity index (χ0n) is 9.18. The van der Waals surface area contributed by atoms with Crippen LogP contribution in [0.3, 0.4) is 0 Å². The van der Waals surface area contributed by atoms with Gasteiger partial charge in [0.05, 0.1) is 13.2 Å². The van der Waals surface area contributed by atoms with Gasteiger partial charge in [-0.05, 0) is 24.3 Å². The summed E-state index contributed by atoms with van der Waals surface area (Å²) in [4.78, 5) is 14.5. The summed E-state index contributed by atoms with van der Waals surface area (Å²) in [5.41, 5.74) is 0. The number of aliphatic hydroxyl groups is 1. The molecule has 1 unspecified atom stereocenters. The summed E-state index contributed by atoms with van der Waals surface area (Å²) in [6, 6.07) is 1.79. The van der Waals surface area contributed by atoms with Crippen LogP contribution in [0, 0.1) is 0 Å². The van der Waals surface area contributed by atoms with E-state index in [1.165, 1.54) is 11.3 Å². The minimum Gasteiger partial charge on any atom is -0.495 e. The summed E-state index contributed by atoms with van der Waals surface area (Å²) in [7, 11) is 1.56. The Kier molecular flexibility index (Phi) is 3.46. The molecule has 0 aliphatic carbocycles. The van der Waals surface area contributed by atoms with Crippen LogP contribution in [0.1, 0.15) is 22.5 Å². The second-order valence-electron chi connectivity index (χ2n) is 3.87. The molecule has 1 aliphatic rings. The van der Waals surface area contributed by atoms with E-state index in [0.717, 1.165) is 19.4 Å². The van der Waals surface area contributed by atoms with Crippen molar-refractivity contribution in [3.8, 4) is 5.75 Å². The largest absolute Gasteiger partial charge is 0.495 e. The van der Waals surface area contributed by atoms with E-state index in [9.17, 15) is 9.90 Å². The van der Waals surface area contributed by atoms with Gasteiger partial charge in [0, 0.05) is 13.1 Å². The Morgan fingerprint density at radius 1 is 1.69 bits per heavy atom. The van der Waals surface area contributed by atoms with Crippen LogP contribution in [-0.4, -0.2) is 42.2 Å². The molecule has 2 rings (SSSR count). The number of carbonyl (C=O) groups excluding carboxylic acids is 1. The zero-order valence-corrected chi connectivity index (χ0v) is 10.00. The fourth-order valence-electron chi connectivity index (χ4n) is 1.90. The smallest absolute Gasteiger partial charge is 0.267 e. The van der Waals surface area contributed by atoms with Crippen LogP contribution >= 0.6 is 11.3 Å². The maximum atomic E-state index is 12.1. The molecule has 4 nitrogen and oxygen atoms in total. The number of methoxy groups -OCH3 is 1. The summed E-state index contributed by atoms with van der Waals surface area (Å²) < 4.78 is 5.12. The second kappa shape index (κ2) is 4.84. The fraction of sp³-hybridized carbons (Fsp3) is 0.545. The standard InChI is InChI=1S/C11H15NO3S/c1-15-9-4-6-16-10(9)11(14)12-5-2-3-8(13)7-12/h4,6,8,13H,2-3,5,7H2,1H3. The Labute approximate surface area is 98.4 Å². The first-order valence-electron chi connectivity index (χ1n) is 5.31. The molecule has 1 aromatic heterocycles. The lowest BCUT2D eigenvalue weighted by Gasteiger charge is -2.29. The molecular weight excluding hydrogens is 226 g/mol. The van der Waals surface area contributed by atoms with Crippen molar-refractivity contribution in [2.24, 2.45) is 0 Å². The van der Waals surface area contributed by atoms with Crippen molar-refractivity contribution in [3.63, 3.8) is 0 Å². The van der Waals surface area contributed by atoms with Crippen LogP contribution in [-0.2, 0) is 0 Å². The highest BCUT2D eigenvalue weighted by molar-refractivity contribution is 7.12. The van der Waals surface area contributed by atoms with Crippen molar-refractivity contribution >= 4 is 17.2 Å². The number of hydrogen-bond donors (Lipinski definition) is 1. The first-order chi connectivity index (χ1) is 7.72. The molecule has 1 atom stereocenters. The third-order valence-electron chi connectivity index (χ3n) is 2.73. The van der Waals surface area contributed by atoms with E-state index in [2.05, 4.69) is 0 Å². The van der Waals surface area contributed by atoms with Crippen molar-refractivity contribution in [1.82, 2.24) is 4.90 Å². The van der Waals surface area contributed by atoms with Gasteiger partial charge in [-0.2, -0.15) is 0 Å². The summed E-state index contributed by atoms with van der Waals surface area (Å²) >= 11 is 1.38. The molecule has 1 fully saturated rings. The van der Waals surface area contributed by atoms with E-state index in [1.807, 2.05) is 5.38 Å². The number of thiophene rings is 1. The molecule has 0 radical (unpaired) electrons. The van der Waals surface area contributed by atoms with E-state index in [4.69, 9.17) is 4.74 Å². The highest BCUT2D eigenvalue weighted by atomic mass is 32.1. The average Bonchev–Trinajstić information content (AvgIpc) is 2.76. The number of ether oxygens (including phenoxy) is 1. The minimum absolute atomic E-state index is 0.0365. The zero-order chi connectivity index (χ0) is 11.5. The highest BCUT2D eigenvalue weighted by Crippen LogP contribution is 2.27. The quantitative estimate of drug-likeness (QED) is 0.850. The van der Waals surface area contributed by atoms with E-state index in [1.54, 1.807) is 18.1 Å². The first-order valence-corrected chi connectivity index (χ1v) is 6.19. The van der Waals surface area contributed by atoms with Gasteiger partial charge in [0.1, 0.15) is 10.6 Å². The highest BCUT2D eigenvalue weighted by Gasteiger charge is 2.25. The molecule has 0 bridgehead atoms. The topological polar surface area (TPSA) is 49.8 Å². The van der Waals surface area contributed by atoms with E-state index < -0.39 is 0 Å². The molecular formula is C11H15NO3S. The molecule has 1 saturated heterocycles. The van der Waals surface area contributed by atoms with Gasteiger partial charge in [-0.25, -0.2) is 0 Å². The predicted octanol–water partition coefficient (Wildman–Crippen LogP) is 1.35. The number of hydrogen-bond acceptors (Lipinski definition) is 4. The number of carbonyl (C=O) groups is 1. The number of amides is 1. The Hall–Kier alpha value is -1.07. The van der Waals surface area contributed by atoms with Gasteiger partial charge in [-0.1, -0.05) is 0 Å². The minimum atomic E-state index is -0.386. The number of nitrogens with zero attached hydrogens (tertiary/aromatic N) is 1. The van der Waals surface area contributed by atoms with E-state index in [-0.39, 0.29) is 12.0 Å². The Morgan fingerprint density at radius 3 is 3.19 bits per heavy atom. The third kappa shape index (κ3) is 2.20. The molecule has 16 heavy (non-hydrogen) atoms. The summed E-state index contributed by atoms with van der Waals surface area (Å²) in [6.07, 6.45) is 1.26. The molecule has 2 heterocycles. The fourth-order valence-corrected chi connectivity index (χ4v) is 2.72. The van der Waals surface area contributed by atoms with Crippen LogP contribution in [0.5, 0.6) is 5.75 Å². The van der Waals surface area contributed by atoms with Gasteiger partial charge < -0.3 is 14.7 Å². The lowest BCUT2D eigenvalue weighted by atomic mass is 10.1. The average molecular weight is 241 g/mol. The number of piperidine rings is 1. The molecule has 1 aromatic rings. The van der Waals surface area contributed by atoms with Crippen LogP contribution in [0.25, 0.3) is 0 Å². The normalized spacial score (nSPS) is 20.9. The van der Waals surface area contributed by atoms with Crippen molar-refractivity contribution in [2.45, 2.75) is 18.9 Å². The first kappa shape index (κ1) is 11.4. The maximum Gasteiger partial charge on any atom is 0.267 e. The Morgan fingerprint density at radius 2 is 2.50 bits per heavy atom.